The van der Waals surface area contributed by atoms with E-state index in [0.29, 0.717) is 13.0 Å². The number of nitrogens with zero attached hydrogens (tertiary/aromatic N) is 4. The van der Waals surface area contributed by atoms with Crippen molar-refractivity contribution >= 4 is 23.3 Å². The van der Waals surface area contributed by atoms with Crippen molar-refractivity contribution in [1.29, 1.82) is 0 Å². The van der Waals surface area contributed by atoms with Crippen LogP contribution in [0.1, 0.15) is 24.8 Å². The molecule has 3 amide bonds. The molecule has 3 aliphatic rings. The van der Waals surface area contributed by atoms with Crippen LogP contribution in [0.3, 0.4) is 0 Å². The molecule has 1 aromatic rings. The molecule has 0 aliphatic carbocycles. The van der Waals surface area contributed by atoms with Gasteiger partial charge in [0.05, 0.1) is 26.2 Å². The quantitative estimate of drug-likeness (QED) is 0.765. The van der Waals surface area contributed by atoms with Crippen molar-refractivity contribution in [2.24, 2.45) is 5.92 Å². The summed E-state index contributed by atoms with van der Waals surface area (Å²) in [4.78, 5) is 31.8. The summed E-state index contributed by atoms with van der Waals surface area (Å²) in [7, 11) is 3.37. The molecule has 4 rings (SSSR count). The number of urea groups is 1. The summed E-state index contributed by atoms with van der Waals surface area (Å²) in [6.07, 6.45) is 3.01. The number of benzene rings is 1. The molecular weight excluding hydrogens is 378 g/mol. The summed E-state index contributed by atoms with van der Waals surface area (Å²) >= 11 is 0. The first-order chi connectivity index (χ1) is 14.4. The third kappa shape index (κ3) is 4.24. The van der Waals surface area contributed by atoms with Crippen LogP contribution in [-0.2, 0) is 4.79 Å². The lowest BCUT2D eigenvalue weighted by atomic mass is 9.97. The van der Waals surface area contributed by atoms with Crippen molar-refractivity contribution in [3.8, 4) is 0 Å². The Morgan fingerprint density at radius 2 is 1.73 bits per heavy atom. The number of carbonyl (C=O) groups is 2. The number of quaternary nitrogens is 1. The van der Waals surface area contributed by atoms with Crippen LogP contribution in [-0.4, -0.2) is 87.8 Å². The topological polar surface area (TPSA) is 55.9 Å². The van der Waals surface area contributed by atoms with Crippen LogP contribution in [0.15, 0.2) is 18.2 Å². The van der Waals surface area contributed by atoms with Crippen LogP contribution in [0.25, 0.3) is 0 Å². The highest BCUT2D eigenvalue weighted by Crippen LogP contribution is 2.30. The van der Waals surface area contributed by atoms with Crippen LogP contribution in [0.4, 0.5) is 16.2 Å². The average molecular weight is 415 g/mol. The SMILES string of the molecule is Cc1cc(N2CCN(CC3CCNCC3)CC2)ccc1N1CCC(=O)[N+](C)(C)C1=O. The van der Waals surface area contributed by atoms with Gasteiger partial charge in [-0.2, -0.15) is 4.48 Å². The standard InChI is InChI=1S/C23H36N5O2/c1-18-16-20(4-5-21(18)27-11-8-22(29)28(2,3)23(27)30)26-14-12-25(13-15-26)17-19-6-9-24-10-7-19/h4-5,16,19,24H,6-15,17H2,1-3H3/q+1. The Kier molecular flexibility index (Phi) is 6.14. The van der Waals surface area contributed by atoms with E-state index in [-0.39, 0.29) is 16.4 Å². The molecule has 1 aromatic carbocycles. The lowest BCUT2D eigenvalue weighted by molar-refractivity contribution is -0.730. The lowest BCUT2D eigenvalue weighted by Crippen LogP contribution is -2.61. The van der Waals surface area contributed by atoms with E-state index in [2.05, 4.69) is 40.2 Å². The second-order valence-corrected chi connectivity index (χ2v) is 9.48. The Balaban J connectivity index is 1.38. The smallest absolute Gasteiger partial charge is 0.369 e. The Morgan fingerprint density at radius 1 is 1.03 bits per heavy atom. The van der Waals surface area contributed by atoms with Gasteiger partial charge in [-0.1, -0.05) is 0 Å². The van der Waals surface area contributed by atoms with Gasteiger partial charge >= 0.3 is 11.9 Å². The number of carbonyl (C=O) groups excluding carboxylic acids is 2. The zero-order valence-electron chi connectivity index (χ0n) is 18.7. The monoisotopic (exact) mass is 414 g/mol. The van der Waals surface area contributed by atoms with Gasteiger partial charge in [-0.25, -0.2) is 9.59 Å². The molecule has 0 radical (unpaired) electrons. The molecule has 1 N–H and O–H groups in total. The normalized spacial score (nSPS) is 23.8. The van der Waals surface area contributed by atoms with Gasteiger partial charge < -0.3 is 10.2 Å². The summed E-state index contributed by atoms with van der Waals surface area (Å²) in [5, 5.41) is 3.45. The van der Waals surface area contributed by atoms with Crippen LogP contribution in [0.2, 0.25) is 0 Å². The largest absolute Gasteiger partial charge is 0.430 e. The zero-order chi connectivity index (χ0) is 21.3. The number of imide groups is 1. The first-order valence-corrected chi connectivity index (χ1v) is 11.3. The second kappa shape index (κ2) is 8.65. The number of piperidine rings is 1. The molecule has 0 unspecified atom stereocenters. The minimum absolute atomic E-state index is 0.0205. The van der Waals surface area contributed by atoms with Crippen molar-refractivity contribution in [2.75, 3.05) is 76.3 Å². The fourth-order valence-corrected chi connectivity index (χ4v) is 4.97. The Bertz CT molecular complexity index is 795. The first-order valence-electron chi connectivity index (χ1n) is 11.3. The van der Waals surface area contributed by atoms with E-state index in [1.807, 2.05) is 0 Å². The predicted molar refractivity (Wildman–Crippen MR) is 120 cm³/mol. The molecule has 0 saturated carbocycles. The molecule has 30 heavy (non-hydrogen) atoms. The predicted octanol–water partition coefficient (Wildman–Crippen LogP) is 2.05. The number of hydrogen-bond donors (Lipinski definition) is 1. The fourth-order valence-electron chi connectivity index (χ4n) is 4.97. The Labute approximate surface area is 180 Å². The summed E-state index contributed by atoms with van der Waals surface area (Å²) in [6.45, 7) is 10.4. The molecule has 164 valence electrons. The van der Waals surface area contributed by atoms with E-state index >= 15 is 0 Å². The van der Waals surface area contributed by atoms with Crippen LogP contribution < -0.4 is 15.1 Å². The van der Waals surface area contributed by atoms with Crippen molar-refractivity contribution < 1.29 is 14.1 Å². The number of hydrogen-bond acceptors (Lipinski definition) is 5. The minimum atomic E-state index is -0.208. The Hall–Kier alpha value is -1.96. The molecule has 0 atom stereocenters. The van der Waals surface area contributed by atoms with Gasteiger partial charge in [-0.15, -0.1) is 0 Å². The van der Waals surface area contributed by atoms with E-state index in [9.17, 15) is 9.59 Å². The van der Waals surface area contributed by atoms with Crippen LogP contribution in [0.5, 0.6) is 0 Å². The highest BCUT2D eigenvalue weighted by atomic mass is 16.2. The maximum Gasteiger partial charge on any atom is 0.430 e. The highest BCUT2D eigenvalue weighted by Gasteiger charge is 2.44. The van der Waals surface area contributed by atoms with Gasteiger partial charge in [0.2, 0.25) is 0 Å². The number of amides is 3. The van der Waals surface area contributed by atoms with E-state index in [0.717, 1.165) is 43.3 Å². The zero-order valence-corrected chi connectivity index (χ0v) is 18.7. The maximum atomic E-state index is 12.9. The number of piperazine rings is 1. The van der Waals surface area contributed by atoms with E-state index in [1.165, 1.54) is 38.2 Å². The van der Waals surface area contributed by atoms with Gasteiger partial charge in [-0.05, 0) is 62.5 Å². The molecule has 3 heterocycles. The molecule has 0 bridgehead atoms. The molecule has 7 nitrogen and oxygen atoms in total. The third-order valence-electron chi connectivity index (χ3n) is 7.07. The number of aryl methyl sites for hydroxylation is 1. The van der Waals surface area contributed by atoms with E-state index < -0.39 is 0 Å². The molecule has 3 saturated heterocycles. The van der Waals surface area contributed by atoms with Crippen molar-refractivity contribution in [1.82, 2.24) is 10.2 Å². The molecule has 3 aliphatic heterocycles. The van der Waals surface area contributed by atoms with Crippen molar-refractivity contribution in [2.45, 2.75) is 26.2 Å². The molecule has 0 aromatic heterocycles. The van der Waals surface area contributed by atoms with Crippen LogP contribution >= 0.6 is 0 Å². The number of rotatable bonds is 4. The van der Waals surface area contributed by atoms with E-state index in [1.54, 1.807) is 19.0 Å². The minimum Gasteiger partial charge on any atom is -0.369 e. The van der Waals surface area contributed by atoms with Crippen molar-refractivity contribution in [3.05, 3.63) is 23.8 Å². The van der Waals surface area contributed by atoms with Gasteiger partial charge in [-0.3, -0.25) is 9.80 Å². The number of nitrogens with one attached hydrogen (secondary N) is 1. The summed E-state index contributed by atoms with van der Waals surface area (Å²) < 4.78 is -0.208. The van der Waals surface area contributed by atoms with Gasteiger partial charge in [0.15, 0.2) is 0 Å². The average Bonchev–Trinajstić information content (AvgIpc) is 2.74. The Morgan fingerprint density at radius 3 is 2.40 bits per heavy atom. The van der Waals surface area contributed by atoms with Gasteiger partial charge in [0, 0.05) is 45.0 Å². The fraction of sp³-hybridized carbons (Fsp3) is 0.652. The van der Waals surface area contributed by atoms with Gasteiger partial charge in [0.1, 0.15) is 0 Å². The first kappa shape index (κ1) is 21.3. The lowest BCUT2D eigenvalue weighted by Gasteiger charge is -2.39. The molecular formula is C23H36N5O2+. The molecule has 3 fully saturated rings. The third-order valence-corrected chi connectivity index (χ3v) is 7.07. The summed E-state index contributed by atoms with van der Waals surface area (Å²) in [5.74, 6) is 0.823. The maximum absolute atomic E-state index is 12.9. The molecule has 7 heteroatoms. The summed E-state index contributed by atoms with van der Waals surface area (Å²) in [6, 6.07) is 6.24. The highest BCUT2D eigenvalue weighted by molar-refractivity contribution is 5.97. The van der Waals surface area contributed by atoms with Gasteiger partial charge in [0.25, 0.3) is 0 Å². The van der Waals surface area contributed by atoms with E-state index in [4.69, 9.17) is 0 Å². The summed E-state index contributed by atoms with van der Waals surface area (Å²) in [5.41, 5.74) is 3.24. The number of anilines is 2. The molecule has 0 spiro atoms. The van der Waals surface area contributed by atoms with Crippen LogP contribution in [0, 0.1) is 12.8 Å². The second-order valence-electron chi connectivity index (χ2n) is 9.48. The van der Waals surface area contributed by atoms with Crippen molar-refractivity contribution in [3.63, 3.8) is 0 Å².